The van der Waals surface area contributed by atoms with Crippen LogP contribution in [0.1, 0.15) is 45.5 Å². The zero-order valence-electron chi connectivity index (χ0n) is 15.8. The molecule has 1 saturated heterocycles. The third kappa shape index (κ3) is 3.46. The molecule has 7 nitrogen and oxygen atoms in total. The van der Waals surface area contributed by atoms with E-state index in [9.17, 15) is 19.7 Å². The number of aryl methyl sites for hydroxylation is 1. The fourth-order valence-electron chi connectivity index (χ4n) is 4.09. The fraction of sp³-hybridized carbons (Fsp3) is 0.333. The van der Waals surface area contributed by atoms with Crippen LogP contribution in [0, 0.1) is 17.0 Å². The van der Waals surface area contributed by atoms with E-state index in [-0.39, 0.29) is 29.4 Å². The minimum Gasteiger partial charge on any atom is -0.486 e. The lowest BCUT2D eigenvalue weighted by atomic mass is 9.82. The number of fused-ring (bicyclic) bond motifs is 1. The molecule has 2 aromatic rings. The SMILES string of the molecule is Cc1cc(Cl)cc2c1OC1(CCN(C(=O)c3ccccc3[N+](=O)[O-])CC1)CC2=O. The van der Waals surface area contributed by atoms with Gasteiger partial charge in [0, 0.05) is 37.0 Å². The van der Waals surface area contributed by atoms with Gasteiger partial charge in [0.15, 0.2) is 5.78 Å². The monoisotopic (exact) mass is 414 g/mol. The molecule has 0 radical (unpaired) electrons. The molecule has 0 unspecified atom stereocenters. The Labute approximate surface area is 172 Å². The van der Waals surface area contributed by atoms with Gasteiger partial charge in [-0.3, -0.25) is 19.7 Å². The number of nitro groups is 1. The lowest BCUT2D eigenvalue weighted by Gasteiger charge is -2.44. The van der Waals surface area contributed by atoms with Crippen LogP contribution in [-0.4, -0.2) is 40.2 Å². The van der Waals surface area contributed by atoms with Gasteiger partial charge in [0.2, 0.25) is 0 Å². The Balaban J connectivity index is 1.53. The van der Waals surface area contributed by atoms with E-state index in [1.807, 2.05) is 6.92 Å². The number of ketones is 1. The summed E-state index contributed by atoms with van der Waals surface area (Å²) in [4.78, 5) is 37.8. The van der Waals surface area contributed by atoms with Crippen molar-refractivity contribution in [2.45, 2.75) is 31.8 Å². The Morgan fingerprint density at radius 1 is 1.24 bits per heavy atom. The summed E-state index contributed by atoms with van der Waals surface area (Å²) in [6.07, 6.45) is 1.19. The second kappa shape index (κ2) is 7.15. The number of para-hydroxylation sites is 1. The average Bonchev–Trinajstić information content (AvgIpc) is 2.69. The molecule has 0 atom stereocenters. The van der Waals surface area contributed by atoms with Crippen molar-refractivity contribution in [2.75, 3.05) is 13.1 Å². The minimum atomic E-state index is -0.665. The molecule has 2 aliphatic heterocycles. The molecular weight excluding hydrogens is 396 g/mol. The van der Waals surface area contributed by atoms with Crippen molar-refractivity contribution < 1.29 is 19.2 Å². The Bertz CT molecular complexity index is 1030. The molecule has 1 amide bonds. The number of ether oxygens (including phenoxy) is 1. The molecule has 1 spiro atoms. The summed E-state index contributed by atoms with van der Waals surface area (Å²) in [6.45, 7) is 2.57. The molecule has 0 bridgehead atoms. The van der Waals surface area contributed by atoms with Crippen molar-refractivity contribution >= 4 is 29.0 Å². The van der Waals surface area contributed by atoms with Crippen molar-refractivity contribution in [3.8, 4) is 5.75 Å². The number of nitrogens with zero attached hydrogens (tertiary/aromatic N) is 2. The minimum absolute atomic E-state index is 0.0182. The first kappa shape index (κ1) is 19.4. The Hall–Kier alpha value is -2.93. The Morgan fingerprint density at radius 2 is 1.93 bits per heavy atom. The highest BCUT2D eigenvalue weighted by Gasteiger charge is 2.44. The van der Waals surface area contributed by atoms with Crippen LogP contribution in [0.15, 0.2) is 36.4 Å². The molecule has 2 heterocycles. The molecule has 8 heteroatoms. The number of hydrogen-bond acceptors (Lipinski definition) is 5. The number of likely N-dealkylation sites (tertiary alicyclic amines) is 1. The molecule has 4 rings (SSSR count). The smallest absolute Gasteiger partial charge is 0.282 e. The summed E-state index contributed by atoms with van der Waals surface area (Å²) in [5.41, 5.74) is 0.507. The molecule has 1 fully saturated rings. The van der Waals surface area contributed by atoms with E-state index in [1.54, 1.807) is 23.1 Å². The number of carbonyl (C=O) groups excluding carboxylic acids is 2. The standard InChI is InChI=1S/C21H19ClN2O5/c1-13-10-14(22)11-16-18(25)12-21(29-19(13)16)6-8-23(9-7-21)20(26)15-4-2-3-5-17(15)24(27)28/h2-5,10-11H,6-9,12H2,1H3. The van der Waals surface area contributed by atoms with Gasteiger partial charge in [-0.05, 0) is 30.7 Å². The predicted molar refractivity (Wildman–Crippen MR) is 107 cm³/mol. The van der Waals surface area contributed by atoms with Crippen molar-refractivity contribution in [3.05, 3.63) is 68.2 Å². The number of halogens is 1. The second-order valence-corrected chi connectivity index (χ2v) is 7.99. The quantitative estimate of drug-likeness (QED) is 0.542. The molecule has 0 aliphatic carbocycles. The highest BCUT2D eigenvalue weighted by atomic mass is 35.5. The van der Waals surface area contributed by atoms with Crippen LogP contribution in [0.4, 0.5) is 5.69 Å². The summed E-state index contributed by atoms with van der Waals surface area (Å²) in [5.74, 6) is 0.164. The lowest BCUT2D eigenvalue weighted by molar-refractivity contribution is -0.385. The number of nitro benzene ring substituents is 1. The van der Waals surface area contributed by atoms with E-state index in [2.05, 4.69) is 0 Å². The molecule has 0 N–H and O–H groups in total. The summed E-state index contributed by atoms with van der Waals surface area (Å²) < 4.78 is 6.29. The van der Waals surface area contributed by atoms with Gasteiger partial charge in [-0.25, -0.2) is 0 Å². The van der Waals surface area contributed by atoms with Gasteiger partial charge in [-0.15, -0.1) is 0 Å². The maximum Gasteiger partial charge on any atom is 0.282 e. The van der Waals surface area contributed by atoms with E-state index in [0.717, 1.165) is 5.56 Å². The highest BCUT2D eigenvalue weighted by Crippen LogP contribution is 2.42. The summed E-state index contributed by atoms with van der Waals surface area (Å²) in [5, 5.41) is 11.7. The van der Waals surface area contributed by atoms with Crippen molar-refractivity contribution in [1.29, 1.82) is 0 Å². The van der Waals surface area contributed by atoms with E-state index in [1.165, 1.54) is 18.2 Å². The van der Waals surface area contributed by atoms with Crippen molar-refractivity contribution in [1.82, 2.24) is 4.90 Å². The van der Waals surface area contributed by atoms with Gasteiger partial charge in [-0.1, -0.05) is 23.7 Å². The summed E-state index contributed by atoms with van der Waals surface area (Å²) >= 11 is 6.07. The molecule has 0 saturated carbocycles. The first-order chi connectivity index (χ1) is 13.8. The third-order valence-corrected chi connectivity index (χ3v) is 5.85. The number of carbonyl (C=O) groups is 2. The van der Waals surface area contributed by atoms with Gasteiger partial charge < -0.3 is 9.64 Å². The van der Waals surface area contributed by atoms with E-state index in [0.29, 0.717) is 42.3 Å². The number of rotatable bonds is 2. The van der Waals surface area contributed by atoms with Crippen LogP contribution in [0.5, 0.6) is 5.75 Å². The van der Waals surface area contributed by atoms with Gasteiger partial charge in [0.1, 0.15) is 16.9 Å². The van der Waals surface area contributed by atoms with Crippen LogP contribution >= 0.6 is 11.6 Å². The first-order valence-electron chi connectivity index (χ1n) is 9.35. The van der Waals surface area contributed by atoms with E-state index >= 15 is 0 Å². The number of benzene rings is 2. The van der Waals surface area contributed by atoms with Crippen LogP contribution in [-0.2, 0) is 0 Å². The average molecular weight is 415 g/mol. The maximum atomic E-state index is 12.8. The van der Waals surface area contributed by atoms with Crippen LogP contribution in [0.25, 0.3) is 0 Å². The van der Waals surface area contributed by atoms with Crippen LogP contribution < -0.4 is 4.74 Å². The predicted octanol–water partition coefficient (Wildman–Crippen LogP) is 4.20. The molecule has 29 heavy (non-hydrogen) atoms. The Kier molecular flexibility index (Phi) is 4.78. The topological polar surface area (TPSA) is 89.8 Å². The summed E-state index contributed by atoms with van der Waals surface area (Å²) in [7, 11) is 0. The molecule has 150 valence electrons. The number of piperidine rings is 1. The van der Waals surface area contributed by atoms with E-state index < -0.39 is 10.5 Å². The Morgan fingerprint density at radius 3 is 2.62 bits per heavy atom. The zero-order chi connectivity index (χ0) is 20.8. The molecule has 0 aromatic heterocycles. The molecule has 2 aliphatic rings. The van der Waals surface area contributed by atoms with Gasteiger partial charge in [0.25, 0.3) is 11.6 Å². The first-order valence-corrected chi connectivity index (χ1v) is 9.72. The lowest BCUT2D eigenvalue weighted by Crippen LogP contribution is -2.52. The zero-order valence-corrected chi connectivity index (χ0v) is 16.6. The maximum absolute atomic E-state index is 12.8. The van der Waals surface area contributed by atoms with Gasteiger partial charge in [-0.2, -0.15) is 0 Å². The molecular formula is C21H19ClN2O5. The van der Waals surface area contributed by atoms with Crippen LogP contribution in [0.3, 0.4) is 0 Å². The summed E-state index contributed by atoms with van der Waals surface area (Å²) in [6, 6.07) is 9.33. The number of Topliss-reactive ketones (excluding diaryl/α,β-unsaturated/α-hetero) is 1. The second-order valence-electron chi connectivity index (χ2n) is 7.55. The number of hydrogen-bond donors (Lipinski definition) is 0. The van der Waals surface area contributed by atoms with Gasteiger partial charge >= 0.3 is 0 Å². The fourth-order valence-corrected chi connectivity index (χ4v) is 4.37. The van der Waals surface area contributed by atoms with E-state index in [4.69, 9.17) is 16.3 Å². The van der Waals surface area contributed by atoms with Crippen molar-refractivity contribution in [3.63, 3.8) is 0 Å². The van der Waals surface area contributed by atoms with Crippen LogP contribution in [0.2, 0.25) is 5.02 Å². The largest absolute Gasteiger partial charge is 0.486 e. The third-order valence-electron chi connectivity index (χ3n) is 5.63. The highest BCUT2D eigenvalue weighted by molar-refractivity contribution is 6.31. The van der Waals surface area contributed by atoms with Crippen molar-refractivity contribution in [2.24, 2.45) is 0 Å². The van der Waals surface area contributed by atoms with Gasteiger partial charge in [0.05, 0.1) is 16.9 Å². The normalized spacial score (nSPS) is 17.6. The molecule has 2 aromatic carbocycles. The number of amides is 1.